The summed E-state index contributed by atoms with van der Waals surface area (Å²) < 4.78 is 5.88. The van der Waals surface area contributed by atoms with Crippen molar-refractivity contribution in [3.8, 4) is 11.5 Å². The fraction of sp³-hybridized carbons (Fsp3) is 0.188. The topological polar surface area (TPSA) is 38.1 Å². The van der Waals surface area contributed by atoms with Crippen molar-refractivity contribution in [2.75, 3.05) is 11.9 Å². The van der Waals surface area contributed by atoms with Gasteiger partial charge in [0.2, 0.25) is 5.89 Å². The molecular formula is C16H15ClN2O. The van der Waals surface area contributed by atoms with E-state index in [-0.39, 0.29) is 0 Å². The maximum absolute atomic E-state index is 5.90. The lowest BCUT2D eigenvalue weighted by molar-refractivity contribution is 0.617. The van der Waals surface area contributed by atoms with Crippen molar-refractivity contribution in [3.63, 3.8) is 0 Å². The van der Waals surface area contributed by atoms with Crippen molar-refractivity contribution in [2.24, 2.45) is 0 Å². The maximum atomic E-state index is 5.90. The highest BCUT2D eigenvalue weighted by Crippen LogP contribution is 2.29. The third-order valence-corrected chi connectivity index (χ3v) is 3.40. The number of anilines is 1. The van der Waals surface area contributed by atoms with E-state index in [9.17, 15) is 0 Å². The Morgan fingerprint density at radius 3 is 2.65 bits per heavy atom. The molecule has 1 aromatic heterocycles. The van der Waals surface area contributed by atoms with Crippen LogP contribution in [0.2, 0.25) is 5.02 Å². The predicted octanol–water partition coefficient (Wildman–Crippen LogP) is 4.89. The highest BCUT2D eigenvalue weighted by molar-refractivity contribution is 6.30. The first kappa shape index (κ1) is 13.0. The fourth-order valence-electron chi connectivity index (χ4n) is 2.22. The average molecular weight is 287 g/mol. The summed E-state index contributed by atoms with van der Waals surface area (Å²) in [6.45, 7) is 4.98. The van der Waals surface area contributed by atoms with Crippen LogP contribution in [0.5, 0.6) is 0 Å². The van der Waals surface area contributed by atoms with Gasteiger partial charge in [0.15, 0.2) is 5.58 Å². The molecule has 0 fully saturated rings. The predicted molar refractivity (Wildman–Crippen MR) is 83.4 cm³/mol. The van der Waals surface area contributed by atoms with Gasteiger partial charge >= 0.3 is 0 Å². The maximum Gasteiger partial charge on any atom is 0.227 e. The number of hydrogen-bond acceptors (Lipinski definition) is 3. The van der Waals surface area contributed by atoms with Crippen LogP contribution < -0.4 is 5.32 Å². The van der Waals surface area contributed by atoms with Gasteiger partial charge in [-0.15, -0.1) is 0 Å². The lowest BCUT2D eigenvalue weighted by Gasteiger charge is -2.03. The highest BCUT2D eigenvalue weighted by Gasteiger charge is 2.11. The molecule has 0 amide bonds. The smallest absolute Gasteiger partial charge is 0.227 e. The first-order valence-electron chi connectivity index (χ1n) is 6.58. The molecule has 3 aromatic rings. The molecule has 0 bridgehead atoms. The van der Waals surface area contributed by atoms with E-state index >= 15 is 0 Å². The minimum atomic E-state index is 0.619. The molecule has 0 unspecified atom stereocenters. The van der Waals surface area contributed by atoms with E-state index in [2.05, 4.69) is 23.3 Å². The van der Waals surface area contributed by atoms with Crippen molar-refractivity contribution in [2.45, 2.75) is 13.8 Å². The molecule has 4 heteroatoms. The van der Waals surface area contributed by atoms with Gasteiger partial charge in [0.25, 0.3) is 0 Å². The zero-order valence-corrected chi connectivity index (χ0v) is 12.2. The van der Waals surface area contributed by atoms with Crippen LogP contribution in [0.3, 0.4) is 0 Å². The highest BCUT2D eigenvalue weighted by atomic mass is 35.5. The Bertz CT molecular complexity index is 747. The summed E-state index contributed by atoms with van der Waals surface area (Å²) in [4.78, 5) is 4.57. The Labute approximate surface area is 122 Å². The molecule has 3 nitrogen and oxygen atoms in total. The molecule has 0 aliphatic carbocycles. The lowest BCUT2D eigenvalue weighted by atomic mass is 10.2. The number of halogens is 1. The Balaban J connectivity index is 2.10. The SMILES string of the molecule is CCNc1cc(C)c2oc(-c3ccc(Cl)cc3)nc2c1. The second-order valence-electron chi connectivity index (χ2n) is 4.70. The molecule has 0 spiro atoms. The normalized spacial score (nSPS) is 10.9. The lowest BCUT2D eigenvalue weighted by Crippen LogP contribution is -1.96. The van der Waals surface area contributed by atoms with E-state index in [1.807, 2.05) is 37.3 Å². The Morgan fingerprint density at radius 2 is 1.95 bits per heavy atom. The van der Waals surface area contributed by atoms with Crippen LogP contribution in [0, 0.1) is 6.92 Å². The first-order chi connectivity index (χ1) is 9.67. The van der Waals surface area contributed by atoms with Crippen molar-refractivity contribution in [1.29, 1.82) is 0 Å². The molecule has 0 aliphatic heterocycles. The number of hydrogen-bond donors (Lipinski definition) is 1. The average Bonchev–Trinajstić information content (AvgIpc) is 2.84. The van der Waals surface area contributed by atoms with Crippen molar-refractivity contribution in [1.82, 2.24) is 4.98 Å². The number of aromatic nitrogens is 1. The Hall–Kier alpha value is -2.00. The van der Waals surface area contributed by atoms with Crippen molar-refractivity contribution >= 4 is 28.4 Å². The van der Waals surface area contributed by atoms with E-state index in [0.717, 1.165) is 34.5 Å². The van der Waals surface area contributed by atoms with Crippen LogP contribution in [0.25, 0.3) is 22.6 Å². The third kappa shape index (κ3) is 2.37. The Kier molecular flexibility index (Phi) is 3.36. The van der Waals surface area contributed by atoms with Crippen molar-refractivity contribution < 1.29 is 4.42 Å². The summed E-state index contributed by atoms with van der Waals surface area (Å²) >= 11 is 5.90. The number of aryl methyl sites for hydroxylation is 1. The summed E-state index contributed by atoms with van der Waals surface area (Å²) in [5.41, 5.74) is 4.76. The summed E-state index contributed by atoms with van der Waals surface area (Å²) in [5.74, 6) is 0.619. The number of rotatable bonds is 3. The molecular weight excluding hydrogens is 272 g/mol. The third-order valence-electron chi connectivity index (χ3n) is 3.15. The summed E-state index contributed by atoms with van der Waals surface area (Å²) in [6, 6.07) is 11.6. The molecule has 1 N–H and O–H groups in total. The zero-order chi connectivity index (χ0) is 14.1. The van der Waals surface area contributed by atoms with Gasteiger partial charge in [-0.1, -0.05) is 11.6 Å². The van der Waals surface area contributed by atoms with Crippen LogP contribution in [-0.4, -0.2) is 11.5 Å². The number of oxazole rings is 1. The van der Waals surface area contributed by atoms with Gasteiger partial charge in [-0.25, -0.2) is 4.98 Å². The quantitative estimate of drug-likeness (QED) is 0.745. The van der Waals surface area contributed by atoms with Crippen molar-refractivity contribution in [3.05, 3.63) is 47.0 Å². The van der Waals surface area contributed by atoms with Crippen LogP contribution in [-0.2, 0) is 0 Å². The van der Waals surface area contributed by atoms with Crippen LogP contribution in [0.4, 0.5) is 5.69 Å². The second kappa shape index (κ2) is 5.17. The molecule has 2 aromatic carbocycles. The molecule has 0 aliphatic rings. The van der Waals surface area contributed by atoms with Gasteiger partial charge in [0.1, 0.15) is 5.52 Å². The summed E-state index contributed by atoms with van der Waals surface area (Å²) in [5, 5.41) is 4.00. The van der Waals surface area contributed by atoms with E-state index < -0.39 is 0 Å². The minimum Gasteiger partial charge on any atom is -0.436 e. The molecule has 1 heterocycles. The van der Waals surface area contributed by atoms with Crippen LogP contribution in [0.1, 0.15) is 12.5 Å². The number of benzene rings is 2. The van der Waals surface area contributed by atoms with Gasteiger partial charge in [0.05, 0.1) is 0 Å². The van der Waals surface area contributed by atoms with E-state index in [0.29, 0.717) is 10.9 Å². The summed E-state index contributed by atoms with van der Waals surface area (Å²) in [7, 11) is 0. The fourth-order valence-corrected chi connectivity index (χ4v) is 2.35. The molecule has 0 saturated heterocycles. The van der Waals surface area contributed by atoms with Gasteiger partial charge < -0.3 is 9.73 Å². The van der Waals surface area contributed by atoms with E-state index in [1.54, 1.807) is 0 Å². The van der Waals surface area contributed by atoms with Gasteiger partial charge in [-0.2, -0.15) is 0 Å². The largest absolute Gasteiger partial charge is 0.436 e. The van der Waals surface area contributed by atoms with Crippen LogP contribution >= 0.6 is 11.6 Å². The van der Waals surface area contributed by atoms with Crippen LogP contribution in [0.15, 0.2) is 40.8 Å². The molecule has 3 rings (SSSR count). The summed E-state index contributed by atoms with van der Waals surface area (Å²) in [6.07, 6.45) is 0. The second-order valence-corrected chi connectivity index (χ2v) is 5.13. The molecule has 20 heavy (non-hydrogen) atoms. The first-order valence-corrected chi connectivity index (χ1v) is 6.96. The standard InChI is InChI=1S/C16H15ClN2O/c1-3-18-13-8-10(2)15-14(9-13)19-16(20-15)11-4-6-12(17)7-5-11/h4-9,18H,3H2,1-2H3. The molecule has 0 atom stereocenters. The Morgan fingerprint density at radius 1 is 1.20 bits per heavy atom. The van der Waals surface area contributed by atoms with Gasteiger partial charge in [-0.3, -0.25) is 0 Å². The number of nitrogens with one attached hydrogen (secondary N) is 1. The number of nitrogens with zero attached hydrogens (tertiary/aromatic N) is 1. The zero-order valence-electron chi connectivity index (χ0n) is 11.4. The minimum absolute atomic E-state index is 0.619. The number of fused-ring (bicyclic) bond motifs is 1. The van der Waals surface area contributed by atoms with Gasteiger partial charge in [0, 0.05) is 22.8 Å². The molecule has 0 saturated carbocycles. The monoisotopic (exact) mass is 286 g/mol. The van der Waals surface area contributed by atoms with Gasteiger partial charge in [-0.05, 0) is 55.8 Å². The molecule has 102 valence electrons. The van der Waals surface area contributed by atoms with E-state index in [4.69, 9.17) is 16.0 Å². The molecule has 0 radical (unpaired) electrons. The van der Waals surface area contributed by atoms with E-state index in [1.165, 1.54) is 0 Å².